The first-order valence-electron chi connectivity index (χ1n) is 8.46. The predicted octanol–water partition coefficient (Wildman–Crippen LogP) is 3.54. The van der Waals surface area contributed by atoms with Crippen molar-refractivity contribution in [3.05, 3.63) is 83.8 Å². The smallest absolute Gasteiger partial charge is 0.280 e. The van der Waals surface area contributed by atoms with Gasteiger partial charge in [0.1, 0.15) is 6.33 Å². The Morgan fingerprint density at radius 2 is 1.96 bits per heavy atom. The largest absolute Gasteiger partial charge is 0.355 e. The van der Waals surface area contributed by atoms with Crippen LogP contribution in [-0.2, 0) is 6.54 Å². The number of nitrogens with zero attached hydrogens (tertiary/aromatic N) is 4. The molecule has 0 unspecified atom stereocenters. The molecule has 0 aliphatic rings. The number of aryl methyl sites for hydroxylation is 1. The Kier molecular flexibility index (Phi) is 4.49. The van der Waals surface area contributed by atoms with Gasteiger partial charge in [-0.2, -0.15) is 0 Å². The third-order valence-corrected chi connectivity index (χ3v) is 3.99. The van der Waals surface area contributed by atoms with E-state index in [-0.39, 0.29) is 11.6 Å². The Labute approximate surface area is 155 Å². The third kappa shape index (κ3) is 3.92. The molecule has 1 N–H and O–H groups in total. The summed E-state index contributed by atoms with van der Waals surface area (Å²) in [5.41, 5.74) is 3.32. The van der Waals surface area contributed by atoms with Gasteiger partial charge in [0.15, 0.2) is 11.5 Å². The van der Waals surface area contributed by atoms with E-state index < -0.39 is 5.91 Å². The summed E-state index contributed by atoms with van der Waals surface area (Å²) in [7, 11) is 0. The fourth-order valence-electron chi connectivity index (χ4n) is 2.71. The van der Waals surface area contributed by atoms with Gasteiger partial charge in [-0.15, -0.1) is 5.10 Å². The predicted molar refractivity (Wildman–Crippen MR) is 100 cm³/mol. The van der Waals surface area contributed by atoms with Crippen LogP contribution >= 0.6 is 0 Å². The van der Waals surface area contributed by atoms with Crippen molar-refractivity contribution in [3.63, 3.8) is 0 Å². The maximum atomic E-state index is 12.3. The Balaban J connectivity index is 1.43. The number of carbonyl (C=O) groups is 1. The van der Waals surface area contributed by atoms with Gasteiger partial charge in [0, 0.05) is 11.6 Å². The second kappa shape index (κ2) is 7.25. The first kappa shape index (κ1) is 16.7. The van der Waals surface area contributed by atoms with Crippen molar-refractivity contribution in [2.24, 2.45) is 0 Å². The number of nitrogens with one attached hydrogen (secondary N) is 1. The number of carbonyl (C=O) groups excluding carboxylic acids is 1. The summed E-state index contributed by atoms with van der Waals surface area (Å²) in [6.07, 6.45) is 1.58. The van der Waals surface area contributed by atoms with Gasteiger partial charge in [-0.3, -0.25) is 10.1 Å². The molecule has 2 aromatic heterocycles. The normalized spacial score (nSPS) is 10.7. The van der Waals surface area contributed by atoms with Crippen molar-refractivity contribution in [1.82, 2.24) is 19.9 Å². The van der Waals surface area contributed by atoms with Crippen LogP contribution in [0.2, 0.25) is 0 Å². The summed E-state index contributed by atoms with van der Waals surface area (Å²) in [5.74, 6) is 0.324. The molecule has 0 saturated heterocycles. The number of amides is 1. The quantitative estimate of drug-likeness (QED) is 0.589. The zero-order valence-corrected chi connectivity index (χ0v) is 14.7. The molecule has 7 heteroatoms. The van der Waals surface area contributed by atoms with E-state index in [0.717, 1.165) is 11.1 Å². The van der Waals surface area contributed by atoms with Gasteiger partial charge in [0.05, 0.1) is 6.54 Å². The molecule has 0 atom stereocenters. The van der Waals surface area contributed by atoms with Crippen LogP contribution in [0.3, 0.4) is 0 Å². The van der Waals surface area contributed by atoms with E-state index in [2.05, 4.69) is 26.6 Å². The molecule has 0 radical (unpaired) electrons. The average Bonchev–Trinajstić information content (AvgIpc) is 3.32. The van der Waals surface area contributed by atoms with Crippen LogP contribution in [0.1, 0.15) is 21.6 Å². The van der Waals surface area contributed by atoms with E-state index in [1.807, 2.05) is 55.5 Å². The number of hydrogen-bond donors (Lipinski definition) is 1. The molecule has 1 amide bonds. The molecular weight excluding hydrogens is 342 g/mol. The van der Waals surface area contributed by atoms with Gasteiger partial charge < -0.3 is 4.52 Å². The van der Waals surface area contributed by atoms with Crippen molar-refractivity contribution in [1.29, 1.82) is 0 Å². The van der Waals surface area contributed by atoms with Crippen LogP contribution in [-0.4, -0.2) is 25.8 Å². The van der Waals surface area contributed by atoms with Crippen molar-refractivity contribution < 1.29 is 9.32 Å². The molecule has 2 heterocycles. The topological polar surface area (TPSA) is 85.8 Å². The zero-order valence-electron chi connectivity index (χ0n) is 14.7. The molecule has 134 valence electrons. The molecule has 7 nitrogen and oxygen atoms in total. The number of anilines is 1. The van der Waals surface area contributed by atoms with Gasteiger partial charge in [0.2, 0.25) is 5.95 Å². The monoisotopic (exact) mass is 359 g/mol. The number of aromatic nitrogens is 4. The van der Waals surface area contributed by atoms with E-state index >= 15 is 0 Å². The molecule has 4 aromatic rings. The van der Waals surface area contributed by atoms with Crippen LogP contribution in [0.25, 0.3) is 11.3 Å². The highest BCUT2D eigenvalue weighted by Gasteiger charge is 2.15. The third-order valence-electron chi connectivity index (χ3n) is 3.99. The second-order valence-corrected chi connectivity index (χ2v) is 6.15. The highest BCUT2D eigenvalue weighted by Crippen LogP contribution is 2.20. The number of benzene rings is 2. The van der Waals surface area contributed by atoms with Crippen molar-refractivity contribution >= 4 is 11.9 Å². The fourth-order valence-corrected chi connectivity index (χ4v) is 2.71. The Bertz CT molecular complexity index is 1070. The fraction of sp³-hybridized carbons (Fsp3) is 0.100. The van der Waals surface area contributed by atoms with E-state index in [1.54, 1.807) is 17.1 Å². The summed E-state index contributed by atoms with van der Waals surface area (Å²) in [4.78, 5) is 16.5. The summed E-state index contributed by atoms with van der Waals surface area (Å²) in [6, 6.07) is 19.2. The SMILES string of the molecule is Cc1cccc(Cn2cnc(NC(=O)c3cc(-c4ccccc4)on3)n2)c1. The molecule has 0 bridgehead atoms. The summed E-state index contributed by atoms with van der Waals surface area (Å²) in [5, 5.41) is 10.7. The molecule has 27 heavy (non-hydrogen) atoms. The summed E-state index contributed by atoms with van der Waals surface area (Å²) in [6.45, 7) is 2.62. The Morgan fingerprint density at radius 1 is 1.11 bits per heavy atom. The van der Waals surface area contributed by atoms with E-state index in [4.69, 9.17) is 4.52 Å². The molecule has 0 aliphatic carbocycles. The van der Waals surface area contributed by atoms with Crippen molar-refractivity contribution in [3.8, 4) is 11.3 Å². The van der Waals surface area contributed by atoms with Gasteiger partial charge >= 0.3 is 0 Å². The van der Waals surface area contributed by atoms with Gasteiger partial charge in [-0.1, -0.05) is 65.3 Å². The van der Waals surface area contributed by atoms with Crippen LogP contribution in [0.5, 0.6) is 0 Å². The number of hydrogen-bond acceptors (Lipinski definition) is 5. The molecule has 4 rings (SSSR count). The second-order valence-electron chi connectivity index (χ2n) is 6.15. The maximum absolute atomic E-state index is 12.3. The standard InChI is InChI=1S/C20H17N5O2/c1-14-6-5-7-15(10-14)12-25-13-21-20(23-25)22-19(26)17-11-18(27-24-17)16-8-3-2-4-9-16/h2-11,13H,12H2,1H3,(H,22,23,26). The minimum Gasteiger partial charge on any atom is -0.355 e. The van der Waals surface area contributed by atoms with Crippen molar-refractivity contribution in [2.45, 2.75) is 13.5 Å². The van der Waals surface area contributed by atoms with E-state index in [9.17, 15) is 4.79 Å². The van der Waals surface area contributed by atoms with E-state index in [0.29, 0.717) is 12.3 Å². The summed E-state index contributed by atoms with van der Waals surface area (Å²) < 4.78 is 6.92. The molecule has 0 aliphatic heterocycles. The van der Waals surface area contributed by atoms with Gasteiger partial charge in [-0.05, 0) is 12.5 Å². The van der Waals surface area contributed by atoms with Gasteiger partial charge in [0.25, 0.3) is 5.91 Å². The minimum atomic E-state index is -0.422. The molecule has 0 spiro atoms. The van der Waals surface area contributed by atoms with Crippen LogP contribution in [0.4, 0.5) is 5.95 Å². The van der Waals surface area contributed by atoms with Gasteiger partial charge in [-0.25, -0.2) is 9.67 Å². The minimum absolute atomic E-state index is 0.170. The lowest BCUT2D eigenvalue weighted by Crippen LogP contribution is -2.13. The maximum Gasteiger partial charge on any atom is 0.280 e. The van der Waals surface area contributed by atoms with E-state index in [1.165, 1.54) is 5.56 Å². The lowest BCUT2D eigenvalue weighted by molar-refractivity contribution is 0.101. The highest BCUT2D eigenvalue weighted by molar-refractivity contribution is 6.02. The lowest BCUT2D eigenvalue weighted by atomic mass is 10.1. The number of rotatable bonds is 5. The molecule has 0 saturated carbocycles. The lowest BCUT2D eigenvalue weighted by Gasteiger charge is -2.02. The molecule has 2 aromatic carbocycles. The molecular formula is C20H17N5O2. The average molecular weight is 359 g/mol. The first-order chi connectivity index (χ1) is 13.2. The van der Waals surface area contributed by atoms with Crippen LogP contribution in [0, 0.1) is 6.92 Å². The molecule has 0 fully saturated rings. The Morgan fingerprint density at radius 3 is 2.78 bits per heavy atom. The highest BCUT2D eigenvalue weighted by atomic mass is 16.5. The first-order valence-corrected chi connectivity index (χ1v) is 8.46. The Hall–Kier alpha value is -3.74. The van der Waals surface area contributed by atoms with Crippen molar-refractivity contribution in [2.75, 3.05) is 5.32 Å². The van der Waals surface area contributed by atoms with Crippen LogP contribution in [0.15, 0.2) is 71.5 Å². The van der Waals surface area contributed by atoms with Crippen LogP contribution < -0.4 is 5.32 Å². The zero-order chi connectivity index (χ0) is 18.6. The summed E-state index contributed by atoms with van der Waals surface area (Å²) >= 11 is 0.